The van der Waals surface area contributed by atoms with E-state index in [2.05, 4.69) is 15.2 Å². The maximum Gasteiger partial charge on any atom is 0.266 e. The van der Waals surface area contributed by atoms with Gasteiger partial charge in [-0.15, -0.1) is 10.2 Å². The van der Waals surface area contributed by atoms with Crippen molar-refractivity contribution in [3.05, 3.63) is 66.7 Å². The van der Waals surface area contributed by atoms with E-state index in [1.54, 1.807) is 0 Å². The lowest BCUT2D eigenvalue weighted by Gasteiger charge is -1.98. The lowest BCUT2D eigenvalue weighted by atomic mass is 10.2. The van der Waals surface area contributed by atoms with Gasteiger partial charge in [-0.2, -0.15) is 0 Å². The van der Waals surface area contributed by atoms with E-state index in [0.29, 0.717) is 17.5 Å². The summed E-state index contributed by atoms with van der Waals surface area (Å²) in [5.74, 6) is 0.931. The van der Waals surface area contributed by atoms with Gasteiger partial charge in [0, 0.05) is 10.9 Å². The quantitative estimate of drug-likeness (QED) is 0.555. The third-order valence-electron chi connectivity index (χ3n) is 3.26. The van der Waals surface area contributed by atoms with Crippen molar-refractivity contribution >= 4 is 10.9 Å². The summed E-state index contributed by atoms with van der Waals surface area (Å²) in [6.07, 6.45) is 0. The molecule has 0 saturated heterocycles. The molecule has 0 aliphatic heterocycles. The minimum atomic E-state index is 0.430. The van der Waals surface area contributed by atoms with E-state index >= 15 is 0 Å². The van der Waals surface area contributed by atoms with E-state index in [0.717, 1.165) is 16.5 Å². The Morgan fingerprint density at radius 1 is 0.667 bits per heavy atom. The molecule has 0 bridgehead atoms. The second-order valence-electron chi connectivity index (χ2n) is 4.67. The van der Waals surface area contributed by atoms with E-state index < -0.39 is 0 Å². The van der Waals surface area contributed by atoms with Gasteiger partial charge < -0.3 is 4.42 Å². The van der Waals surface area contributed by atoms with Crippen molar-refractivity contribution in [2.45, 2.75) is 0 Å². The molecule has 0 unspecified atom stereocenters. The van der Waals surface area contributed by atoms with E-state index in [1.165, 1.54) is 0 Å². The zero-order valence-electron chi connectivity index (χ0n) is 11.1. The topological polar surface area (TPSA) is 51.8 Å². The molecule has 0 radical (unpaired) electrons. The van der Waals surface area contributed by atoms with Crippen LogP contribution in [0.3, 0.4) is 0 Å². The lowest BCUT2D eigenvalue weighted by molar-refractivity contribution is 0.582. The molecular weight excluding hydrogens is 262 g/mol. The molecule has 0 saturated carbocycles. The van der Waals surface area contributed by atoms with E-state index in [9.17, 15) is 0 Å². The SMILES string of the molecule is c1ccc(-c2nnc(-c3ccc4ccccc4n3)o2)cc1. The Hall–Kier alpha value is -3.01. The molecule has 4 rings (SSSR count). The number of pyridine rings is 1. The maximum atomic E-state index is 5.72. The molecule has 0 amide bonds. The number of hydrogen-bond donors (Lipinski definition) is 0. The molecule has 0 atom stereocenters. The van der Waals surface area contributed by atoms with E-state index in [4.69, 9.17) is 4.42 Å². The number of rotatable bonds is 2. The number of aromatic nitrogens is 3. The first-order chi connectivity index (χ1) is 10.4. The van der Waals surface area contributed by atoms with Crippen LogP contribution in [0.25, 0.3) is 33.9 Å². The van der Waals surface area contributed by atoms with Gasteiger partial charge in [0.05, 0.1) is 5.52 Å². The van der Waals surface area contributed by atoms with Crippen LogP contribution in [-0.4, -0.2) is 15.2 Å². The van der Waals surface area contributed by atoms with Gasteiger partial charge in [-0.1, -0.05) is 42.5 Å². The lowest BCUT2D eigenvalue weighted by Crippen LogP contribution is -1.84. The van der Waals surface area contributed by atoms with Gasteiger partial charge in [0.15, 0.2) is 0 Å². The zero-order chi connectivity index (χ0) is 14.1. The van der Waals surface area contributed by atoms with Crippen LogP contribution in [0.2, 0.25) is 0 Å². The molecule has 2 aromatic carbocycles. The van der Waals surface area contributed by atoms with Crippen molar-refractivity contribution in [1.82, 2.24) is 15.2 Å². The Labute approximate surface area is 121 Å². The fraction of sp³-hybridized carbons (Fsp3) is 0. The van der Waals surface area contributed by atoms with Crippen LogP contribution < -0.4 is 0 Å². The number of nitrogens with zero attached hydrogens (tertiary/aromatic N) is 3. The Kier molecular flexibility index (Phi) is 2.71. The van der Waals surface area contributed by atoms with Crippen molar-refractivity contribution in [1.29, 1.82) is 0 Å². The van der Waals surface area contributed by atoms with Crippen LogP contribution in [-0.2, 0) is 0 Å². The predicted molar refractivity (Wildman–Crippen MR) is 80.5 cm³/mol. The predicted octanol–water partition coefficient (Wildman–Crippen LogP) is 3.95. The first-order valence-corrected chi connectivity index (χ1v) is 6.65. The van der Waals surface area contributed by atoms with Crippen LogP contribution >= 0.6 is 0 Å². The summed E-state index contributed by atoms with van der Waals surface area (Å²) in [7, 11) is 0. The molecular formula is C17H11N3O. The molecule has 100 valence electrons. The average molecular weight is 273 g/mol. The molecule has 0 aliphatic rings. The molecule has 0 fully saturated rings. The smallest absolute Gasteiger partial charge is 0.266 e. The summed E-state index contributed by atoms with van der Waals surface area (Å²) >= 11 is 0. The third-order valence-corrected chi connectivity index (χ3v) is 3.26. The summed E-state index contributed by atoms with van der Waals surface area (Å²) in [5, 5.41) is 9.26. The first kappa shape index (κ1) is 11.8. The van der Waals surface area contributed by atoms with Crippen LogP contribution in [0.15, 0.2) is 71.1 Å². The Balaban J connectivity index is 1.77. The minimum Gasteiger partial charge on any atom is -0.415 e. The number of benzene rings is 2. The van der Waals surface area contributed by atoms with Gasteiger partial charge in [-0.05, 0) is 24.3 Å². The molecule has 0 aliphatic carbocycles. The normalized spacial score (nSPS) is 10.9. The van der Waals surface area contributed by atoms with Crippen LogP contribution in [0.4, 0.5) is 0 Å². The minimum absolute atomic E-state index is 0.430. The van der Waals surface area contributed by atoms with Crippen LogP contribution in [0.1, 0.15) is 0 Å². The second kappa shape index (κ2) is 4.83. The molecule has 2 heterocycles. The van der Waals surface area contributed by atoms with Crippen molar-refractivity contribution in [2.75, 3.05) is 0 Å². The van der Waals surface area contributed by atoms with Crippen LogP contribution in [0, 0.1) is 0 Å². The zero-order valence-corrected chi connectivity index (χ0v) is 11.1. The highest BCUT2D eigenvalue weighted by Gasteiger charge is 2.11. The highest BCUT2D eigenvalue weighted by molar-refractivity contribution is 5.80. The van der Waals surface area contributed by atoms with Crippen molar-refractivity contribution in [2.24, 2.45) is 0 Å². The Morgan fingerprint density at radius 2 is 1.43 bits per heavy atom. The summed E-state index contributed by atoms with van der Waals surface area (Å²) in [6.45, 7) is 0. The van der Waals surface area contributed by atoms with E-state index in [-0.39, 0.29) is 0 Å². The van der Waals surface area contributed by atoms with Gasteiger partial charge in [0.25, 0.3) is 5.89 Å². The number of para-hydroxylation sites is 1. The standard InChI is InChI=1S/C17H11N3O/c1-2-7-13(8-3-1)16-19-20-17(21-16)15-11-10-12-6-4-5-9-14(12)18-15/h1-11H. The molecule has 4 aromatic rings. The summed E-state index contributed by atoms with van der Waals surface area (Å²) in [6, 6.07) is 21.5. The number of fused-ring (bicyclic) bond motifs is 1. The molecule has 0 N–H and O–H groups in total. The average Bonchev–Trinajstić information content (AvgIpc) is 3.05. The third kappa shape index (κ3) is 2.17. The highest BCUT2D eigenvalue weighted by Crippen LogP contribution is 2.24. The van der Waals surface area contributed by atoms with Gasteiger partial charge in [0.1, 0.15) is 5.69 Å². The van der Waals surface area contributed by atoms with Gasteiger partial charge in [-0.3, -0.25) is 0 Å². The fourth-order valence-corrected chi connectivity index (χ4v) is 2.21. The summed E-state index contributed by atoms with van der Waals surface area (Å²) in [5.41, 5.74) is 2.50. The summed E-state index contributed by atoms with van der Waals surface area (Å²) in [4.78, 5) is 4.56. The first-order valence-electron chi connectivity index (χ1n) is 6.65. The highest BCUT2D eigenvalue weighted by atomic mass is 16.4. The fourth-order valence-electron chi connectivity index (χ4n) is 2.21. The molecule has 0 spiro atoms. The monoisotopic (exact) mass is 273 g/mol. The van der Waals surface area contributed by atoms with Crippen LogP contribution in [0.5, 0.6) is 0 Å². The maximum absolute atomic E-state index is 5.72. The van der Waals surface area contributed by atoms with Gasteiger partial charge in [0.2, 0.25) is 5.89 Å². The molecule has 4 nitrogen and oxygen atoms in total. The molecule has 21 heavy (non-hydrogen) atoms. The largest absolute Gasteiger partial charge is 0.415 e. The molecule has 4 heteroatoms. The number of hydrogen-bond acceptors (Lipinski definition) is 4. The summed E-state index contributed by atoms with van der Waals surface area (Å²) < 4.78 is 5.72. The van der Waals surface area contributed by atoms with Crippen molar-refractivity contribution in [3.8, 4) is 23.0 Å². The Morgan fingerprint density at radius 3 is 2.33 bits per heavy atom. The van der Waals surface area contributed by atoms with Crippen molar-refractivity contribution < 1.29 is 4.42 Å². The van der Waals surface area contributed by atoms with Crippen molar-refractivity contribution in [3.63, 3.8) is 0 Å². The Bertz CT molecular complexity index is 900. The van der Waals surface area contributed by atoms with Gasteiger partial charge >= 0.3 is 0 Å². The second-order valence-corrected chi connectivity index (χ2v) is 4.67. The van der Waals surface area contributed by atoms with Gasteiger partial charge in [-0.25, -0.2) is 4.98 Å². The molecule has 2 aromatic heterocycles. The van der Waals surface area contributed by atoms with E-state index in [1.807, 2.05) is 66.7 Å².